The van der Waals surface area contributed by atoms with E-state index in [1.54, 1.807) is 0 Å². The number of piperidine rings is 2. The molecule has 2 unspecified atom stereocenters. The van der Waals surface area contributed by atoms with E-state index in [9.17, 15) is 4.79 Å². The summed E-state index contributed by atoms with van der Waals surface area (Å²) in [5.74, 6) is 1.59. The number of amides is 1. The number of carbonyl (C=O) groups is 1. The maximum Gasteiger partial charge on any atom is 0.236 e. The third-order valence-corrected chi connectivity index (χ3v) is 4.57. The van der Waals surface area contributed by atoms with Crippen LogP contribution in [-0.2, 0) is 4.79 Å². The number of hydrogen-bond donors (Lipinski definition) is 1. The van der Waals surface area contributed by atoms with E-state index >= 15 is 0 Å². The third kappa shape index (κ3) is 3.45. The van der Waals surface area contributed by atoms with Crippen LogP contribution in [0.15, 0.2) is 0 Å². The molecule has 2 saturated heterocycles. The smallest absolute Gasteiger partial charge is 0.236 e. The van der Waals surface area contributed by atoms with Crippen LogP contribution >= 0.6 is 0 Å². The summed E-state index contributed by atoms with van der Waals surface area (Å²) in [6, 6.07) is 0. The molecule has 0 bridgehead atoms. The van der Waals surface area contributed by atoms with E-state index in [4.69, 9.17) is 5.73 Å². The zero-order valence-electron chi connectivity index (χ0n) is 11.6. The quantitative estimate of drug-likeness (QED) is 0.813. The van der Waals surface area contributed by atoms with Gasteiger partial charge in [-0.3, -0.25) is 9.69 Å². The molecular formula is C14H27N3O. The van der Waals surface area contributed by atoms with Gasteiger partial charge in [-0.05, 0) is 50.6 Å². The SMILES string of the molecule is CC1CCN(CC(=O)N2CCCCC2)CC1CN. The maximum atomic E-state index is 12.2. The van der Waals surface area contributed by atoms with Gasteiger partial charge >= 0.3 is 0 Å². The largest absolute Gasteiger partial charge is 0.342 e. The lowest BCUT2D eigenvalue weighted by Gasteiger charge is -2.37. The molecule has 4 nitrogen and oxygen atoms in total. The van der Waals surface area contributed by atoms with Crippen molar-refractivity contribution < 1.29 is 4.79 Å². The molecule has 2 aliphatic rings. The lowest BCUT2D eigenvalue weighted by Crippen LogP contribution is -2.48. The summed E-state index contributed by atoms with van der Waals surface area (Å²) in [5, 5.41) is 0. The van der Waals surface area contributed by atoms with Crippen LogP contribution in [0.2, 0.25) is 0 Å². The fourth-order valence-corrected chi connectivity index (χ4v) is 3.11. The zero-order chi connectivity index (χ0) is 13.0. The molecule has 0 aromatic carbocycles. The summed E-state index contributed by atoms with van der Waals surface area (Å²) in [6.45, 7) is 7.60. The fourth-order valence-electron chi connectivity index (χ4n) is 3.11. The van der Waals surface area contributed by atoms with Crippen LogP contribution in [0.3, 0.4) is 0 Å². The lowest BCUT2D eigenvalue weighted by atomic mass is 9.87. The average molecular weight is 253 g/mol. The first kappa shape index (κ1) is 13.8. The summed E-state index contributed by atoms with van der Waals surface area (Å²) in [7, 11) is 0. The molecule has 0 saturated carbocycles. The second-order valence-electron chi connectivity index (χ2n) is 5.94. The maximum absolute atomic E-state index is 12.2. The molecule has 2 fully saturated rings. The van der Waals surface area contributed by atoms with Gasteiger partial charge in [0.15, 0.2) is 0 Å². The van der Waals surface area contributed by atoms with Crippen LogP contribution in [0.5, 0.6) is 0 Å². The van der Waals surface area contributed by atoms with E-state index in [1.807, 2.05) is 4.90 Å². The highest BCUT2D eigenvalue weighted by atomic mass is 16.2. The van der Waals surface area contributed by atoms with Crippen LogP contribution in [-0.4, -0.2) is 55.0 Å². The van der Waals surface area contributed by atoms with Gasteiger partial charge in [0.05, 0.1) is 6.54 Å². The Morgan fingerprint density at radius 3 is 2.61 bits per heavy atom. The standard InChI is InChI=1S/C14H27N3O/c1-12-5-8-16(10-13(12)9-15)11-14(18)17-6-3-2-4-7-17/h12-13H,2-11,15H2,1H3. The molecule has 0 aliphatic carbocycles. The van der Waals surface area contributed by atoms with Crippen molar-refractivity contribution in [1.82, 2.24) is 9.80 Å². The Balaban J connectivity index is 1.80. The molecule has 4 heteroatoms. The van der Waals surface area contributed by atoms with Crippen LogP contribution in [0, 0.1) is 11.8 Å². The number of hydrogen-bond acceptors (Lipinski definition) is 3. The van der Waals surface area contributed by atoms with E-state index < -0.39 is 0 Å². The highest BCUT2D eigenvalue weighted by Crippen LogP contribution is 2.22. The van der Waals surface area contributed by atoms with Crippen molar-refractivity contribution in [1.29, 1.82) is 0 Å². The lowest BCUT2D eigenvalue weighted by molar-refractivity contribution is -0.133. The molecule has 2 heterocycles. The van der Waals surface area contributed by atoms with Crippen molar-refractivity contribution in [2.45, 2.75) is 32.6 Å². The highest BCUT2D eigenvalue weighted by molar-refractivity contribution is 5.78. The predicted octanol–water partition coefficient (Wildman–Crippen LogP) is 0.916. The first-order valence-electron chi connectivity index (χ1n) is 7.41. The van der Waals surface area contributed by atoms with Crippen LogP contribution < -0.4 is 5.73 Å². The fraction of sp³-hybridized carbons (Fsp3) is 0.929. The van der Waals surface area contributed by atoms with Crippen molar-refractivity contribution in [2.75, 3.05) is 39.3 Å². The number of nitrogens with zero attached hydrogens (tertiary/aromatic N) is 2. The molecule has 2 N–H and O–H groups in total. The summed E-state index contributed by atoms with van der Waals surface area (Å²) in [6.07, 6.45) is 4.80. The van der Waals surface area contributed by atoms with Gasteiger partial charge < -0.3 is 10.6 Å². The van der Waals surface area contributed by atoms with Crippen LogP contribution in [0.4, 0.5) is 0 Å². The first-order chi connectivity index (χ1) is 8.70. The number of likely N-dealkylation sites (tertiary alicyclic amines) is 2. The minimum Gasteiger partial charge on any atom is -0.342 e. The second-order valence-corrected chi connectivity index (χ2v) is 5.94. The highest BCUT2D eigenvalue weighted by Gasteiger charge is 2.27. The van der Waals surface area contributed by atoms with Gasteiger partial charge in [0.1, 0.15) is 0 Å². The minimum absolute atomic E-state index is 0.319. The Labute approximate surface area is 110 Å². The summed E-state index contributed by atoms with van der Waals surface area (Å²) >= 11 is 0. The Morgan fingerprint density at radius 2 is 1.94 bits per heavy atom. The van der Waals surface area contributed by atoms with Gasteiger partial charge in [0.25, 0.3) is 0 Å². The molecule has 18 heavy (non-hydrogen) atoms. The normalized spacial score (nSPS) is 30.4. The van der Waals surface area contributed by atoms with E-state index in [1.165, 1.54) is 25.7 Å². The Hall–Kier alpha value is -0.610. The first-order valence-corrected chi connectivity index (χ1v) is 7.41. The van der Waals surface area contributed by atoms with Crippen LogP contribution in [0.1, 0.15) is 32.6 Å². The molecule has 0 radical (unpaired) electrons. The van der Waals surface area contributed by atoms with Crippen molar-refractivity contribution in [3.8, 4) is 0 Å². The average Bonchev–Trinajstić information content (AvgIpc) is 2.42. The molecule has 104 valence electrons. The molecule has 0 spiro atoms. The molecule has 0 aromatic heterocycles. The number of rotatable bonds is 3. The third-order valence-electron chi connectivity index (χ3n) is 4.57. The molecule has 2 aliphatic heterocycles. The van der Waals surface area contributed by atoms with Crippen molar-refractivity contribution in [3.63, 3.8) is 0 Å². The Morgan fingerprint density at radius 1 is 1.22 bits per heavy atom. The number of nitrogens with two attached hydrogens (primary N) is 1. The molecule has 0 aromatic rings. The molecule has 1 amide bonds. The van der Waals surface area contributed by atoms with Gasteiger partial charge in [-0.2, -0.15) is 0 Å². The van der Waals surface area contributed by atoms with Crippen molar-refractivity contribution in [3.05, 3.63) is 0 Å². The van der Waals surface area contributed by atoms with Gasteiger partial charge in [-0.25, -0.2) is 0 Å². The van der Waals surface area contributed by atoms with Gasteiger partial charge in [0.2, 0.25) is 5.91 Å². The molecule has 2 rings (SSSR count). The van der Waals surface area contributed by atoms with E-state index in [0.29, 0.717) is 24.3 Å². The minimum atomic E-state index is 0.319. The Bertz CT molecular complexity index is 276. The topological polar surface area (TPSA) is 49.6 Å². The van der Waals surface area contributed by atoms with E-state index in [2.05, 4.69) is 11.8 Å². The van der Waals surface area contributed by atoms with E-state index in [0.717, 1.165) is 32.7 Å². The van der Waals surface area contributed by atoms with Gasteiger partial charge in [-0.15, -0.1) is 0 Å². The predicted molar refractivity (Wildman–Crippen MR) is 73.2 cm³/mol. The molecule has 2 atom stereocenters. The van der Waals surface area contributed by atoms with Crippen LogP contribution in [0.25, 0.3) is 0 Å². The second kappa shape index (κ2) is 6.53. The summed E-state index contributed by atoms with van der Waals surface area (Å²) in [4.78, 5) is 16.5. The monoisotopic (exact) mass is 253 g/mol. The molecular weight excluding hydrogens is 226 g/mol. The summed E-state index contributed by atoms with van der Waals surface area (Å²) in [5.41, 5.74) is 5.81. The zero-order valence-corrected chi connectivity index (χ0v) is 11.6. The van der Waals surface area contributed by atoms with Gasteiger partial charge in [0, 0.05) is 19.6 Å². The van der Waals surface area contributed by atoms with Crippen molar-refractivity contribution in [2.24, 2.45) is 17.6 Å². The number of carbonyl (C=O) groups excluding carboxylic acids is 1. The Kier molecular flexibility index (Phi) is 5.01. The van der Waals surface area contributed by atoms with Crippen molar-refractivity contribution >= 4 is 5.91 Å². The summed E-state index contributed by atoms with van der Waals surface area (Å²) < 4.78 is 0. The van der Waals surface area contributed by atoms with Gasteiger partial charge in [-0.1, -0.05) is 6.92 Å². The van der Waals surface area contributed by atoms with E-state index in [-0.39, 0.29) is 0 Å².